The van der Waals surface area contributed by atoms with Crippen molar-refractivity contribution in [2.75, 3.05) is 12.4 Å². The number of ether oxygens (including phenoxy) is 1. The zero-order chi connectivity index (χ0) is 20.2. The lowest BCUT2D eigenvalue weighted by atomic mass is 10.1. The van der Waals surface area contributed by atoms with Crippen molar-refractivity contribution in [2.24, 2.45) is 0 Å². The van der Waals surface area contributed by atoms with Crippen LogP contribution in [-0.2, 0) is 0 Å². The van der Waals surface area contributed by atoms with Crippen molar-refractivity contribution < 1.29 is 14.6 Å². The van der Waals surface area contributed by atoms with Crippen LogP contribution in [0.15, 0.2) is 79.3 Å². The van der Waals surface area contributed by atoms with Gasteiger partial charge < -0.3 is 15.2 Å². The molecule has 29 heavy (non-hydrogen) atoms. The van der Waals surface area contributed by atoms with Gasteiger partial charge in [0, 0.05) is 23.5 Å². The number of methoxy groups -OCH3 is 1. The molecular weight excluding hydrogens is 368 g/mol. The fourth-order valence-corrected chi connectivity index (χ4v) is 3.03. The van der Waals surface area contributed by atoms with Crippen LogP contribution in [0.1, 0.15) is 10.4 Å². The van der Waals surface area contributed by atoms with Crippen LogP contribution < -0.4 is 10.1 Å². The Balaban J connectivity index is 1.86. The number of aromatic nitrogens is 3. The molecule has 2 aromatic carbocycles. The minimum Gasteiger partial charge on any atom is -0.497 e. The van der Waals surface area contributed by atoms with E-state index in [2.05, 4.69) is 15.4 Å². The lowest BCUT2D eigenvalue weighted by molar-refractivity contribution is 0.0697. The molecule has 4 rings (SSSR count). The second-order valence-corrected chi connectivity index (χ2v) is 6.24. The maximum atomic E-state index is 11.8. The third-order valence-corrected chi connectivity index (χ3v) is 4.45. The summed E-state index contributed by atoms with van der Waals surface area (Å²) in [6, 6.07) is 18.3. The molecule has 0 aliphatic heterocycles. The summed E-state index contributed by atoms with van der Waals surface area (Å²) in [7, 11) is 1.50. The summed E-state index contributed by atoms with van der Waals surface area (Å²) < 4.78 is 6.90. The lowest BCUT2D eigenvalue weighted by Crippen LogP contribution is -2.07. The zero-order valence-corrected chi connectivity index (χ0v) is 15.6. The molecule has 0 atom stereocenters. The van der Waals surface area contributed by atoms with Crippen molar-refractivity contribution in [3.63, 3.8) is 0 Å². The molecule has 0 fully saturated rings. The van der Waals surface area contributed by atoms with Gasteiger partial charge in [-0.05, 0) is 36.4 Å². The van der Waals surface area contributed by atoms with E-state index in [9.17, 15) is 9.90 Å². The first-order valence-corrected chi connectivity index (χ1v) is 8.89. The number of nitrogens with one attached hydrogen (secondary N) is 1. The van der Waals surface area contributed by atoms with E-state index in [-0.39, 0.29) is 5.56 Å². The summed E-state index contributed by atoms with van der Waals surface area (Å²) in [5.41, 5.74) is 3.04. The molecule has 0 bridgehead atoms. The van der Waals surface area contributed by atoms with E-state index in [4.69, 9.17) is 4.74 Å². The van der Waals surface area contributed by atoms with Gasteiger partial charge in [-0.3, -0.25) is 4.98 Å². The summed E-state index contributed by atoms with van der Waals surface area (Å²) in [6.45, 7) is 0. The van der Waals surface area contributed by atoms with Crippen molar-refractivity contribution >= 4 is 17.5 Å². The maximum Gasteiger partial charge on any atom is 0.337 e. The summed E-state index contributed by atoms with van der Waals surface area (Å²) in [5, 5.41) is 17.4. The molecule has 2 aromatic heterocycles. The molecule has 0 amide bonds. The predicted molar refractivity (Wildman–Crippen MR) is 110 cm³/mol. The summed E-state index contributed by atoms with van der Waals surface area (Å²) in [4.78, 5) is 16.0. The first-order chi connectivity index (χ1) is 14.2. The van der Waals surface area contributed by atoms with Crippen molar-refractivity contribution in [3.05, 3.63) is 84.8 Å². The van der Waals surface area contributed by atoms with Gasteiger partial charge in [-0.15, -0.1) is 0 Å². The minimum atomic E-state index is -1.06. The molecule has 0 saturated heterocycles. The van der Waals surface area contributed by atoms with Gasteiger partial charge >= 0.3 is 5.97 Å². The Hall–Kier alpha value is -4.13. The second-order valence-electron chi connectivity index (χ2n) is 6.24. The molecule has 0 aliphatic carbocycles. The smallest absolute Gasteiger partial charge is 0.337 e. The van der Waals surface area contributed by atoms with Crippen LogP contribution in [0, 0.1) is 0 Å². The van der Waals surface area contributed by atoms with E-state index in [1.165, 1.54) is 13.2 Å². The number of aromatic carboxylic acids is 1. The molecule has 0 saturated carbocycles. The number of hydrogen-bond acceptors (Lipinski definition) is 5. The van der Waals surface area contributed by atoms with E-state index in [0.29, 0.717) is 17.3 Å². The lowest BCUT2D eigenvalue weighted by Gasteiger charge is -2.15. The molecule has 0 spiro atoms. The van der Waals surface area contributed by atoms with Gasteiger partial charge in [-0.1, -0.05) is 24.3 Å². The molecule has 0 radical (unpaired) electrons. The third kappa shape index (κ3) is 3.66. The highest BCUT2D eigenvalue weighted by Crippen LogP contribution is 2.33. The molecule has 0 aliphatic rings. The first-order valence-electron chi connectivity index (χ1n) is 8.89. The van der Waals surface area contributed by atoms with Crippen LogP contribution in [0.25, 0.3) is 16.8 Å². The molecule has 7 nitrogen and oxygen atoms in total. The molecule has 2 N–H and O–H groups in total. The van der Waals surface area contributed by atoms with Gasteiger partial charge in [0.2, 0.25) is 0 Å². The van der Waals surface area contributed by atoms with Crippen LogP contribution in [0.3, 0.4) is 0 Å². The Morgan fingerprint density at radius 1 is 1.07 bits per heavy atom. The van der Waals surface area contributed by atoms with E-state index >= 15 is 0 Å². The quantitative estimate of drug-likeness (QED) is 0.511. The Bertz CT molecular complexity index is 1080. The van der Waals surface area contributed by atoms with Crippen LogP contribution in [-0.4, -0.2) is 33.0 Å². The average Bonchev–Trinajstić information content (AvgIpc) is 3.18. The number of nitrogens with zero attached hydrogens (tertiary/aromatic N) is 3. The van der Waals surface area contributed by atoms with E-state index < -0.39 is 5.97 Å². The molecular formula is C22H18N4O3. The van der Waals surface area contributed by atoms with Crippen molar-refractivity contribution in [1.29, 1.82) is 0 Å². The number of pyridine rings is 1. The number of carbonyl (C=O) groups is 1. The summed E-state index contributed by atoms with van der Waals surface area (Å²) >= 11 is 0. The van der Waals surface area contributed by atoms with Crippen LogP contribution in [0.5, 0.6) is 5.75 Å². The Labute approximate surface area is 167 Å². The number of carboxylic acid groups (broad SMARTS) is 1. The molecule has 0 unspecified atom stereocenters. The fourth-order valence-electron chi connectivity index (χ4n) is 3.03. The number of benzene rings is 2. The van der Waals surface area contributed by atoms with Gasteiger partial charge in [0.25, 0.3) is 0 Å². The van der Waals surface area contributed by atoms with Gasteiger partial charge in [-0.2, -0.15) is 5.10 Å². The van der Waals surface area contributed by atoms with Gasteiger partial charge in [0.15, 0.2) is 0 Å². The molecule has 7 heteroatoms. The van der Waals surface area contributed by atoms with Crippen molar-refractivity contribution in [3.8, 4) is 22.6 Å². The number of para-hydroxylation sites is 1. The van der Waals surface area contributed by atoms with Crippen LogP contribution >= 0.6 is 0 Å². The minimum absolute atomic E-state index is 0.0994. The number of hydrogen-bond donors (Lipinski definition) is 2. The molecule has 2 heterocycles. The van der Waals surface area contributed by atoms with Crippen molar-refractivity contribution in [2.45, 2.75) is 0 Å². The predicted octanol–water partition coefficient (Wildman–Crippen LogP) is 4.38. The van der Waals surface area contributed by atoms with E-state index in [0.717, 1.165) is 16.8 Å². The zero-order valence-electron chi connectivity index (χ0n) is 15.6. The van der Waals surface area contributed by atoms with E-state index in [1.54, 1.807) is 35.4 Å². The Morgan fingerprint density at radius 3 is 2.59 bits per heavy atom. The first kappa shape index (κ1) is 18.2. The summed E-state index contributed by atoms with van der Waals surface area (Å²) in [6.07, 6.45) is 5.17. The molecule has 144 valence electrons. The highest BCUT2D eigenvalue weighted by Gasteiger charge is 2.18. The SMILES string of the molecule is COc1ccc(Nc2c(-c3cccnc3)cnn2-c2ccccc2)c(C(=O)O)c1. The third-order valence-electron chi connectivity index (χ3n) is 4.45. The normalized spacial score (nSPS) is 10.5. The van der Waals surface area contributed by atoms with Crippen LogP contribution in [0.4, 0.5) is 11.5 Å². The van der Waals surface area contributed by atoms with E-state index in [1.807, 2.05) is 42.5 Å². The van der Waals surface area contributed by atoms with Gasteiger partial charge in [0.1, 0.15) is 11.6 Å². The molecule has 4 aromatic rings. The number of carboxylic acids is 1. The largest absolute Gasteiger partial charge is 0.497 e. The maximum absolute atomic E-state index is 11.8. The standard InChI is InChI=1S/C22H18N4O3/c1-29-17-9-10-20(18(12-17)22(27)28)25-21-19(15-6-5-11-23-13-15)14-24-26(21)16-7-3-2-4-8-16/h2-14,25H,1H3,(H,27,28). The second kappa shape index (κ2) is 7.85. The Morgan fingerprint density at radius 2 is 1.90 bits per heavy atom. The fraction of sp³-hybridized carbons (Fsp3) is 0.0455. The van der Waals surface area contributed by atoms with Crippen LogP contribution in [0.2, 0.25) is 0 Å². The monoisotopic (exact) mass is 386 g/mol. The topological polar surface area (TPSA) is 89.3 Å². The summed E-state index contributed by atoms with van der Waals surface area (Å²) in [5.74, 6) is 0.0500. The van der Waals surface area contributed by atoms with Crippen molar-refractivity contribution in [1.82, 2.24) is 14.8 Å². The number of rotatable bonds is 6. The number of anilines is 2. The highest BCUT2D eigenvalue weighted by molar-refractivity contribution is 5.96. The van der Waals surface area contributed by atoms with Gasteiger partial charge in [0.05, 0.1) is 30.2 Å². The average molecular weight is 386 g/mol. The highest BCUT2D eigenvalue weighted by atomic mass is 16.5. The Kier molecular flexibility index (Phi) is 4.94. The van der Waals surface area contributed by atoms with Gasteiger partial charge in [-0.25, -0.2) is 9.48 Å².